The topological polar surface area (TPSA) is 85.4 Å². The number of ether oxygens (including phenoxy) is 2. The molecule has 1 fully saturated rings. The number of aromatic nitrogens is 2. The number of rotatable bonds is 10. The summed E-state index contributed by atoms with van der Waals surface area (Å²) in [6.07, 6.45) is 7.94. The van der Waals surface area contributed by atoms with E-state index in [1.807, 2.05) is 30.3 Å². The molecule has 0 bridgehead atoms. The zero-order valence-corrected chi connectivity index (χ0v) is 17.0. The van der Waals surface area contributed by atoms with Crippen molar-refractivity contribution in [3.05, 3.63) is 42.1 Å². The number of benzene rings is 1. The maximum atomic E-state index is 12.2. The second kappa shape index (κ2) is 11.2. The van der Waals surface area contributed by atoms with Crippen LogP contribution in [0.4, 0.5) is 11.8 Å². The fraction of sp³-hybridized carbons (Fsp3) is 0.500. The highest BCUT2D eigenvalue weighted by Gasteiger charge is 2.17. The van der Waals surface area contributed by atoms with Gasteiger partial charge in [-0.15, -0.1) is 0 Å². The molecule has 0 saturated heterocycles. The van der Waals surface area contributed by atoms with Crippen molar-refractivity contribution in [3.8, 4) is 5.75 Å². The van der Waals surface area contributed by atoms with E-state index in [0.29, 0.717) is 43.0 Å². The SMILES string of the molecule is CCOC(=O)c1cnc(NCC2CCCCC2)nc1NCCOc1ccccc1. The molecule has 1 aliphatic rings. The van der Waals surface area contributed by atoms with Crippen molar-refractivity contribution >= 4 is 17.7 Å². The number of carbonyl (C=O) groups is 1. The smallest absolute Gasteiger partial charge is 0.343 e. The van der Waals surface area contributed by atoms with E-state index in [1.54, 1.807) is 6.92 Å². The summed E-state index contributed by atoms with van der Waals surface area (Å²) in [6.45, 7) is 3.88. The molecule has 29 heavy (non-hydrogen) atoms. The summed E-state index contributed by atoms with van der Waals surface area (Å²) < 4.78 is 10.8. The van der Waals surface area contributed by atoms with Gasteiger partial charge in [0.05, 0.1) is 13.2 Å². The van der Waals surface area contributed by atoms with Gasteiger partial charge in [0.2, 0.25) is 5.95 Å². The van der Waals surface area contributed by atoms with E-state index >= 15 is 0 Å². The lowest BCUT2D eigenvalue weighted by Crippen LogP contribution is -2.20. The normalized spacial score (nSPS) is 14.2. The summed E-state index contributed by atoms with van der Waals surface area (Å²) in [5.41, 5.74) is 0.328. The third-order valence-electron chi connectivity index (χ3n) is 4.96. The number of carbonyl (C=O) groups excluding carboxylic acids is 1. The minimum atomic E-state index is -0.433. The Morgan fingerprint density at radius 2 is 1.93 bits per heavy atom. The molecular weight excluding hydrogens is 368 g/mol. The molecule has 2 aromatic rings. The molecule has 1 aromatic heterocycles. The van der Waals surface area contributed by atoms with Gasteiger partial charge in [-0.2, -0.15) is 4.98 Å². The maximum absolute atomic E-state index is 12.2. The van der Waals surface area contributed by atoms with Crippen molar-refractivity contribution in [2.24, 2.45) is 5.92 Å². The number of para-hydroxylation sites is 1. The van der Waals surface area contributed by atoms with Crippen LogP contribution in [0.3, 0.4) is 0 Å². The van der Waals surface area contributed by atoms with Crippen LogP contribution in [0, 0.1) is 5.92 Å². The third-order valence-corrected chi connectivity index (χ3v) is 4.96. The first kappa shape index (κ1) is 20.9. The lowest BCUT2D eigenvalue weighted by Gasteiger charge is -2.22. The average molecular weight is 399 g/mol. The van der Waals surface area contributed by atoms with Crippen LogP contribution in [-0.2, 0) is 4.74 Å². The van der Waals surface area contributed by atoms with Gasteiger partial charge in [-0.25, -0.2) is 9.78 Å². The lowest BCUT2D eigenvalue weighted by molar-refractivity contribution is 0.0526. The molecule has 0 amide bonds. The third kappa shape index (κ3) is 6.62. The van der Waals surface area contributed by atoms with Crippen molar-refractivity contribution in [3.63, 3.8) is 0 Å². The molecule has 156 valence electrons. The van der Waals surface area contributed by atoms with E-state index in [4.69, 9.17) is 9.47 Å². The van der Waals surface area contributed by atoms with E-state index in [9.17, 15) is 4.79 Å². The number of anilines is 2. The van der Waals surface area contributed by atoms with Crippen molar-refractivity contribution in [2.45, 2.75) is 39.0 Å². The van der Waals surface area contributed by atoms with Gasteiger partial charge < -0.3 is 20.1 Å². The van der Waals surface area contributed by atoms with E-state index in [1.165, 1.54) is 38.3 Å². The molecule has 1 aromatic carbocycles. The summed E-state index contributed by atoms with van der Waals surface area (Å²) in [5, 5.41) is 6.51. The highest BCUT2D eigenvalue weighted by molar-refractivity contribution is 5.94. The Morgan fingerprint density at radius 3 is 2.69 bits per heavy atom. The first-order valence-corrected chi connectivity index (χ1v) is 10.5. The van der Waals surface area contributed by atoms with Gasteiger partial charge >= 0.3 is 5.97 Å². The monoisotopic (exact) mass is 398 g/mol. The van der Waals surface area contributed by atoms with Crippen LogP contribution in [0.15, 0.2) is 36.5 Å². The Hall–Kier alpha value is -2.83. The van der Waals surface area contributed by atoms with E-state index < -0.39 is 5.97 Å². The second-order valence-electron chi connectivity index (χ2n) is 7.15. The first-order valence-electron chi connectivity index (χ1n) is 10.5. The molecular formula is C22H30N4O3. The molecule has 1 heterocycles. The van der Waals surface area contributed by atoms with Crippen LogP contribution < -0.4 is 15.4 Å². The Kier molecular flexibility index (Phi) is 8.10. The van der Waals surface area contributed by atoms with E-state index in [2.05, 4.69) is 20.6 Å². The van der Waals surface area contributed by atoms with Crippen molar-refractivity contribution < 1.29 is 14.3 Å². The zero-order chi connectivity index (χ0) is 20.3. The summed E-state index contributed by atoms with van der Waals surface area (Å²) in [5.74, 6) is 2.01. The van der Waals surface area contributed by atoms with Gasteiger partial charge in [-0.1, -0.05) is 37.5 Å². The Morgan fingerprint density at radius 1 is 1.14 bits per heavy atom. The largest absolute Gasteiger partial charge is 0.492 e. The van der Waals surface area contributed by atoms with Gasteiger partial charge in [-0.3, -0.25) is 0 Å². The number of hydrogen-bond donors (Lipinski definition) is 2. The Bertz CT molecular complexity index is 764. The standard InChI is InChI=1S/C22H30N4O3/c1-2-28-21(27)19-16-25-22(24-15-17-9-5-3-6-10-17)26-20(19)23-13-14-29-18-11-7-4-8-12-18/h4,7-8,11-12,16-17H,2-3,5-6,9-10,13-15H2,1H3,(H2,23,24,25,26). The number of nitrogens with zero attached hydrogens (tertiary/aromatic N) is 2. The maximum Gasteiger partial charge on any atom is 0.343 e. The molecule has 2 N–H and O–H groups in total. The highest BCUT2D eigenvalue weighted by Crippen LogP contribution is 2.24. The average Bonchev–Trinajstić information content (AvgIpc) is 2.77. The van der Waals surface area contributed by atoms with Crippen molar-refractivity contribution in [1.82, 2.24) is 9.97 Å². The minimum absolute atomic E-state index is 0.303. The quantitative estimate of drug-likeness (QED) is 0.459. The predicted octanol–water partition coefficient (Wildman–Crippen LogP) is 4.14. The molecule has 0 radical (unpaired) electrons. The summed E-state index contributed by atoms with van der Waals surface area (Å²) in [7, 11) is 0. The number of nitrogens with one attached hydrogen (secondary N) is 2. The number of esters is 1. The second-order valence-corrected chi connectivity index (χ2v) is 7.15. The van der Waals surface area contributed by atoms with Crippen LogP contribution >= 0.6 is 0 Å². The Balaban J connectivity index is 1.59. The molecule has 1 aliphatic carbocycles. The van der Waals surface area contributed by atoms with Crippen LogP contribution in [0.1, 0.15) is 49.4 Å². The van der Waals surface area contributed by atoms with Crippen LogP contribution in [0.2, 0.25) is 0 Å². The summed E-state index contributed by atoms with van der Waals surface area (Å²) in [4.78, 5) is 21.1. The highest BCUT2D eigenvalue weighted by atomic mass is 16.5. The summed E-state index contributed by atoms with van der Waals surface area (Å²) >= 11 is 0. The van der Waals surface area contributed by atoms with Gasteiger partial charge in [0.15, 0.2) is 0 Å². The molecule has 0 aliphatic heterocycles. The van der Waals surface area contributed by atoms with E-state index in [-0.39, 0.29) is 0 Å². The molecule has 0 unspecified atom stereocenters. The predicted molar refractivity (Wildman–Crippen MR) is 113 cm³/mol. The molecule has 0 atom stereocenters. The van der Waals surface area contributed by atoms with E-state index in [0.717, 1.165) is 12.3 Å². The van der Waals surface area contributed by atoms with Crippen LogP contribution in [0.5, 0.6) is 5.75 Å². The van der Waals surface area contributed by atoms with Gasteiger partial charge in [0.1, 0.15) is 23.7 Å². The molecule has 7 heteroatoms. The molecule has 0 spiro atoms. The minimum Gasteiger partial charge on any atom is -0.492 e. The van der Waals surface area contributed by atoms with Crippen LogP contribution in [0.25, 0.3) is 0 Å². The molecule has 3 rings (SSSR count). The zero-order valence-electron chi connectivity index (χ0n) is 17.0. The van der Waals surface area contributed by atoms with Gasteiger partial charge in [0, 0.05) is 12.7 Å². The number of hydrogen-bond acceptors (Lipinski definition) is 7. The molecule has 1 saturated carbocycles. The summed E-state index contributed by atoms with van der Waals surface area (Å²) in [6, 6.07) is 9.61. The first-order chi connectivity index (χ1) is 14.3. The fourth-order valence-corrected chi connectivity index (χ4v) is 3.44. The molecule has 7 nitrogen and oxygen atoms in total. The lowest BCUT2D eigenvalue weighted by atomic mass is 9.89. The van der Waals surface area contributed by atoms with Crippen molar-refractivity contribution in [2.75, 3.05) is 36.9 Å². The van der Waals surface area contributed by atoms with Gasteiger partial charge in [-0.05, 0) is 37.8 Å². The van der Waals surface area contributed by atoms with Gasteiger partial charge in [0.25, 0.3) is 0 Å². The fourth-order valence-electron chi connectivity index (χ4n) is 3.44. The van der Waals surface area contributed by atoms with Crippen molar-refractivity contribution in [1.29, 1.82) is 0 Å². The Labute approximate surface area is 172 Å². The van der Waals surface area contributed by atoms with Crippen LogP contribution in [-0.4, -0.2) is 42.2 Å².